The van der Waals surface area contributed by atoms with Gasteiger partial charge in [0.15, 0.2) is 0 Å². The van der Waals surface area contributed by atoms with E-state index in [1.165, 1.54) is 31.2 Å². The highest BCUT2D eigenvalue weighted by Crippen LogP contribution is 2.33. The number of aromatic hydroxyl groups is 1. The summed E-state index contributed by atoms with van der Waals surface area (Å²) < 4.78 is 5.38. The van der Waals surface area contributed by atoms with Crippen LogP contribution in [0.2, 0.25) is 0 Å². The largest absolute Gasteiger partial charge is 0.508 e. The molecule has 0 spiro atoms. The highest BCUT2D eigenvalue weighted by Gasteiger charge is 2.21. The number of aryl methyl sites for hydroxylation is 1. The first-order chi connectivity index (χ1) is 9.24. The van der Waals surface area contributed by atoms with Crippen molar-refractivity contribution in [2.45, 2.75) is 39.0 Å². The van der Waals surface area contributed by atoms with Crippen LogP contribution >= 0.6 is 0 Å². The topological polar surface area (TPSA) is 46.3 Å². The van der Waals surface area contributed by atoms with Gasteiger partial charge in [0.1, 0.15) is 17.2 Å². The minimum absolute atomic E-state index is 0.279. The Balaban J connectivity index is 1.91. The van der Waals surface area contributed by atoms with Crippen LogP contribution in [0.25, 0.3) is 11.3 Å². The number of rotatable bonds is 3. The van der Waals surface area contributed by atoms with Crippen LogP contribution in [0.4, 0.5) is 0 Å². The van der Waals surface area contributed by atoms with Crippen molar-refractivity contribution in [1.29, 1.82) is 0 Å². The molecule has 0 amide bonds. The van der Waals surface area contributed by atoms with Crippen molar-refractivity contribution in [2.24, 2.45) is 5.92 Å². The van der Waals surface area contributed by atoms with E-state index in [0.29, 0.717) is 0 Å². The van der Waals surface area contributed by atoms with Crippen LogP contribution in [0.1, 0.15) is 37.0 Å². The van der Waals surface area contributed by atoms with Gasteiger partial charge in [0.25, 0.3) is 0 Å². The van der Waals surface area contributed by atoms with E-state index in [1.54, 1.807) is 12.1 Å². The van der Waals surface area contributed by atoms with Gasteiger partial charge in [-0.2, -0.15) is 0 Å². The molecule has 1 aliphatic rings. The van der Waals surface area contributed by atoms with Crippen LogP contribution in [-0.2, 0) is 6.42 Å². The van der Waals surface area contributed by atoms with Gasteiger partial charge in [-0.1, -0.05) is 30.8 Å². The van der Waals surface area contributed by atoms with E-state index in [-0.39, 0.29) is 5.75 Å². The summed E-state index contributed by atoms with van der Waals surface area (Å²) in [5, 5.41) is 13.6. The molecule has 1 aliphatic carbocycles. The van der Waals surface area contributed by atoms with Crippen LogP contribution in [0.3, 0.4) is 0 Å². The average molecular weight is 257 g/mol. The van der Waals surface area contributed by atoms with Crippen molar-refractivity contribution < 1.29 is 9.63 Å². The number of benzene rings is 1. The molecule has 3 rings (SSSR count). The molecular weight excluding hydrogens is 238 g/mol. The Morgan fingerprint density at radius 1 is 1.21 bits per heavy atom. The molecule has 0 saturated heterocycles. The lowest BCUT2D eigenvalue weighted by Gasteiger charge is -2.09. The maximum Gasteiger partial charge on any atom is 0.137 e. The normalized spacial score (nSPS) is 16.1. The predicted molar refractivity (Wildman–Crippen MR) is 74.0 cm³/mol. The zero-order chi connectivity index (χ0) is 13.2. The van der Waals surface area contributed by atoms with E-state index in [0.717, 1.165) is 29.4 Å². The molecule has 1 N–H and O–H groups in total. The minimum atomic E-state index is 0.279. The number of hydrogen-bond donors (Lipinski definition) is 1. The quantitative estimate of drug-likeness (QED) is 0.900. The molecule has 1 fully saturated rings. The van der Waals surface area contributed by atoms with Crippen LogP contribution < -0.4 is 0 Å². The summed E-state index contributed by atoms with van der Waals surface area (Å²) in [7, 11) is 0. The molecule has 100 valence electrons. The summed E-state index contributed by atoms with van der Waals surface area (Å²) in [4.78, 5) is 0. The molecule has 1 saturated carbocycles. The Morgan fingerprint density at radius 2 is 1.89 bits per heavy atom. The zero-order valence-electron chi connectivity index (χ0n) is 11.2. The molecule has 0 aliphatic heterocycles. The maximum absolute atomic E-state index is 9.36. The second-order valence-corrected chi connectivity index (χ2v) is 5.47. The molecular formula is C16H19NO2. The van der Waals surface area contributed by atoms with Gasteiger partial charge in [-0.15, -0.1) is 0 Å². The van der Waals surface area contributed by atoms with Gasteiger partial charge < -0.3 is 9.63 Å². The molecule has 0 radical (unpaired) electrons. The number of phenols is 1. The minimum Gasteiger partial charge on any atom is -0.508 e. The van der Waals surface area contributed by atoms with Crippen molar-refractivity contribution >= 4 is 0 Å². The first kappa shape index (κ1) is 12.3. The van der Waals surface area contributed by atoms with E-state index in [1.807, 2.05) is 19.1 Å². The summed E-state index contributed by atoms with van der Waals surface area (Å²) in [5.74, 6) is 1.98. The molecule has 19 heavy (non-hydrogen) atoms. The Kier molecular flexibility index (Phi) is 3.28. The third-order valence-corrected chi connectivity index (χ3v) is 4.09. The molecule has 3 heteroatoms. The van der Waals surface area contributed by atoms with Gasteiger partial charge in [-0.3, -0.25) is 0 Å². The smallest absolute Gasteiger partial charge is 0.137 e. The second-order valence-electron chi connectivity index (χ2n) is 5.47. The number of phenolic OH excluding ortho intramolecular Hbond substituents is 1. The highest BCUT2D eigenvalue weighted by molar-refractivity contribution is 5.64. The van der Waals surface area contributed by atoms with Gasteiger partial charge in [0.05, 0.1) is 0 Å². The molecule has 1 aromatic heterocycles. The monoisotopic (exact) mass is 257 g/mol. The van der Waals surface area contributed by atoms with E-state index in [9.17, 15) is 5.11 Å². The Morgan fingerprint density at radius 3 is 2.58 bits per heavy atom. The van der Waals surface area contributed by atoms with Gasteiger partial charge in [0, 0.05) is 11.1 Å². The lowest BCUT2D eigenvalue weighted by molar-refractivity contribution is 0.396. The van der Waals surface area contributed by atoms with Gasteiger partial charge in [0.2, 0.25) is 0 Å². The van der Waals surface area contributed by atoms with Crippen LogP contribution in [-0.4, -0.2) is 10.3 Å². The van der Waals surface area contributed by atoms with Crippen molar-refractivity contribution in [1.82, 2.24) is 5.16 Å². The average Bonchev–Trinajstić information content (AvgIpc) is 3.03. The second kappa shape index (κ2) is 5.08. The SMILES string of the molecule is Cc1onc(-c2ccc(O)cc2)c1CC1CCCC1. The molecule has 0 unspecified atom stereocenters. The first-order valence-electron chi connectivity index (χ1n) is 6.98. The Labute approximate surface area is 113 Å². The summed E-state index contributed by atoms with van der Waals surface area (Å²) >= 11 is 0. The maximum atomic E-state index is 9.36. The van der Waals surface area contributed by atoms with E-state index >= 15 is 0 Å². The third kappa shape index (κ3) is 2.50. The van der Waals surface area contributed by atoms with E-state index in [2.05, 4.69) is 5.16 Å². The fourth-order valence-corrected chi connectivity index (χ4v) is 2.98. The van der Waals surface area contributed by atoms with Gasteiger partial charge in [-0.05, 0) is 43.5 Å². The van der Waals surface area contributed by atoms with E-state index in [4.69, 9.17) is 4.52 Å². The van der Waals surface area contributed by atoms with Crippen molar-refractivity contribution in [3.63, 3.8) is 0 Å². The lowest BCUT2D eigenvalue weighted by Crippen LogP contribution is -2.00. The zero-order valence-corrected chi connectivity index (χ0v) is 11.2. The van der Waals surface area contributed by atoms with Crippen molar-refractivity contribution in [3.05, 3.63) is 35.6 Å². The number of nitrogens with zero attached hydrogens (tertiary/aromatic N) is 1. The van der Waals surface area contributed by atoms with Crippen LogP contribution in [0, 0.1) is 12.8 Å². The number of hydrogen-bond acceptors (Lipinski definition) is 3. The fraction of sp³-hybridized carbons (Fsp3) is 0.438. The summed E-state index contributed by atoms with van der Waals surface area (Å²) in [6, 6.07) is 7.17. The highest BCUT2D eigenvalue weighted by atomic mass is 16.5. The van der Waals surface area contributed by atoms with Crippen molar-refractivity contribution in [3.8, 4) is 17.0 Å². The molecule has 1 aromatic carbocycles. The molecule has 0 atom stereocenters. The summed E-state index contributed by atoms with van der Waals surface area (Å²) in [6.45, 7) is 1.99. The van der Waals surface area contributed by atoms with Crippen molar-refractivity contribution in [2.75, 3.05) is 0 Å². The predicted octanol–water partition coefficient (Wildman–Crippen LogP) is 4.09. The molecule has 3 nitrogen and oxygen atoms in total. The van der Waals surface area contributed by atoms with Gasteiger partial charge in [-0.25, -0.2) is 0 Å². The van der Waals surface area contributed by atoms with Crippen LogP contribution in [0.5, 0.6) is 5.75 Å². The van der Waals surface area contributed by atoms with Gasteiger partial charge >= 0.3 is 0 Å². The standard InChI is InChI=1S/C16H19NO2/c1-11-15(10-12-4-2-3-5-12)16(17-19-11)13-6-8-14(18)9-7-13/h6-9,12,18H,2-5,10H2,1H3. The Bertz CT molecular complexity index is 551. The molecule has 1 heterocycles. The lowest BCUT2D eigenvalue weighted by atomic mass is 9.94. The van der Waals surface area contributed by atoms with E-state index < -0.39 is 0 Å². The first-order valence-corrected chi connectivity index (χ1v) is 6.98. The summed E-state index contributed by atoms with van der Waals surface area (Å²) in [6.07, 6.45) is 6.40. The van der Waals surface area contributed by atoms with Crippen LogP contribution in [0.15, 0.2) is 28.8 Å². The summed E-state index contributed by atoms with van der Waals surface area (Å²) in [5.41, 5.74) is 3.18. The third-order valence-electron chi connectivity index (χ3n) is 4.09. The fourth-order valence-electron chi connectivity index (χ4n) is 2.98. The molecule has 0 bridgehead atoms. The Hall–Kier alpha value is -1.77. The molecule has 2 aromatic rings. The number of aromatic nitrogens is 1.